The van der Waals surface area contributed by atoms with Crippen LogP contribution in [0.5, 0.6) is 0 Å². The Bertz CT molecular complexity index is 526. The number of fused-ring (bicyclic) bond motifs is 1. The largest absolute Gasteiger partial charge is 0.477 e. The van der Waals surface area contributed by atoms with Crippen molar-refractivity contribution in [1.82, 2.24) is 9.80 Å². The van der Waals surface area contributed by atoms with Gasteiger partial charge in [0.05, 0.1) is 0 Å². The number of allylic oxidation sites excluding steroid dienone is 1. The fourth-order valence-electron chi connectivity index (χ4n) is 2.98. The molecule has 0 aromatic heterocycles. The molecule has 6 nitrogen and oxygen atoms in total. The van der Waals surface area contributed by atoms with Gasteiger partial charge in [-0.25, -0.2) is 4.79 Å². The Balaban J connectivity index is 1.76. The summed E-state index contributed by atoms with van der Waals surface area (Å²) in [4.78, 5) is 26.9. The highest BCUT2D eigenvalue weighted by atomic mass is 32.2. The van der Waals surface area contributed by atoms with Gasteiger partial charge in [0.25, 0.3) is 0 Å². The van der Waals surface area contributed by atoms with Crippen molar-refractivity contribution in [3.63, 3.8) is 0 Å². The van der Waals surface area contributed by atoms with E-state index in [1.54, 1.807) is 0 Å². The number of amides is 1. The summed E-state index contributed by atoms with van der Waals surface area (Å²) in [5.41, 5.74) is 6.51. The van der Waals surface area contributed by atoms with Crippen molar-refractivity contribution in [3.8, 4) is 0 Å². The lowest BCUT2D eigenvalue weighted by Gasteiger charge is -2.47. The molecule has 2 atom stereocenters. The van der Waals surface area contributed by atoms with Crippen molar-refractivity contribution in [1.29, 1.82) is 0 Å². The van der Waals surface area contributed by atoms with Crippen LogP contribution in [0, 0.1) is 0 Å². The third-order valence-corrected chi connectivity index (χ3v) is 5.45. The molecule has 3 heterocycles. The van der Waals surface area contributed by atoms with Crippen LogP contribution in [0.15, 0.2) is 23.4 Å². The number of thioether (sulfide) groups is 1. The average Bonchev–Trinajstić information content (AvgIpc) is 2.98. The fourth-order valence-corrected chi connectivity index (χ4v) is 4.24. The van der Waals surface area contributed by atoms with E-state index in [4.69, 9.17) is 5.73 Å². The second kappa shape index (κ2) is 5.82. The number of nitrogens with two attached hydrogens (primary N) is 1. The minimum Gasteiger partial charge on any atom is -0.477 e. The number of carboxylic acid groups (broad SMARTS) is 1. The molecule has 0 unspecified atom stereocenters. The molecule has 2 fully saturated rings. The first-order valence-corrected chi connectivity index (χ1v) is 8.20. The van der Waals surface area contributed by atoms with Crippen LogP contribution in [-0.4, -0.2) is 63.6 Å². The summed E-state index contributed by atoms with van der Waals surface area (Å²) in [7, 11) is 0. The topological polar surface area (TPSA) is 86.9 Å². The molecule has 2 saturated heterocycles. The highest BCUT2D eigenvalue weighted by molar-refractivity contribution is 8.00. The van der Waals surface area contributed by atoms with Crippen LogP contribution in [0.2, 0.25) is 0 Å². The highest BCUT2D eigenvalue weighted by Gasteiger charge is 2.51. The lowest BCUT2D eigenvalue weighted by Crippen LogP contribution is -2.68. The van der Waals surface area contributed by atoms with Crippen LogP contribution in [0.25, 0.3) is 0 Å². The summed E-state index contributed by atoms with van der Waals surface area (Å²) in [6.07, 6.45) is 6.31. The van der Waals surface area contributed by atoms with Crippen molar-refractivity contribution in [2.75, 3.05) is 25.4 Å². The van der Waals surface area contributed by atoms with Crippen LogP contribution in [0.4, 0.5) is 0 Å². The van der Waals surface area contributed by atoms with Crippen molar-refractivity contribution in [3.05, 3.63) is 23.4 Å². The lowest BCUT2D eigenvalue weighted by atomic mass is 10.0. The SMILES string of the molecule is N[C@@H]1C(=O)N2C(C(=O)O)=C(/C=C/CN3CCCC3)CS[C@H]12. The van der Waals surface area contributed by atoms with Gasteiger partial charge in [0.1, 0.15) is 17.1 Å². The van der Waals surface area contributed by atoms with E-state index in [0.717, 1.165) is 19.6 Å². The fraction of sp³-hybridized carbons (Fsp3) is 0.571. The Labute approximate surface area is 127 Å². The maximum absolute atomic E-state index is 11.8. The van der Waals surface area contributed by atoms with Gasteiger partial charge in [-0.2, -0.15) is 0 Å². The number of hydrogen-bond donors (Lipinski definition) is 2. The molecule has 1 amide bonds. The minimum atomic E-state index is -1.05. The molecule has 3 rings (SSSR count). The summed E-state index contributed by atoms with van der Waals surface area (Å²) in [5, 5.41) is 9.18. The van der Waals surface area contributed by atoms with Crippen LogP contribution >= 0.6 is 11.8 Å². The normalized spacial score (nSPS) is 30.0. The van der Waals surface area contributed by atoms with Crippen LogP contribution in [-0.2, 0) is 9.59 Å². The van der Waals surface area contributed by atoms with Gasteiger partial charge in [-0.1, -0.05) is 12.2 Å². The second-order valence-electron chi connectivity index (χ2n) is 5.52. The second-order valence-corrected chi connectivity index (χ2v) is 6.63. The molecule has 7 heteroatoms. The third-order valence-electron chi connectivity index (χ3n) is 4.12. The zero-order valence-electron chi connectivity index (χ0n) is 11.7. The van der Waals surface area contributed by atoms with Crippen molar-refractivity contribution >= 4 is 23.6 Å². The number of rotatable bonds is 4. The molecule has 0 bridgehead atoms. The van der Waals surface area contributed by atoms with Crippen LogP contribution in [0.3, 0.4) is 0 Å². The average molecular weight is 309 g/mol. The number of β-lactam (4-membered cyclic amide) rings is 1. The van der Waals surface area contributed by atoms with Crippen molar-refractivity contribution in [2.24, 2.45) is 5.73 Å². The van der Waals surface area contributed by atoms with Gasteiger partial charge >= 0.3 is 5.97 Å². The molecule has 0 aromatic carbocycles. The van der Waals surface area contributed by atoms with E-state index in [-0.39, 0.29) is 17.0 Å². The highest BCUT2D eigenvalue weighted by Crippen LogP contribution is 2.39. The Kier molecular flexibility index (Phi) is 4.05. The quantitative estimate of drug-likeness (QED) is 0.723. The van der Waals surface area contributed by atoms with E-state index in [0.29, 0.717) is 11.3 Å². The molecular formula is C14H19N3O3S. The molecule has 0 spiro atoms. The molecule has 3 aliphatic heterocycles. The Hall–Kier alpha value is -1.31. The predicted octanol–water partition coefficient (Wildman–Crippen LogP) is 0.220. The van der Waals surface area contributed by atoms with Crippen LogP contribution in [0.1, 0.15) is 12.8 Å². The monoisotopic (exact) mass is 309 g/mol. The molecule has 3 N–H and O–H groups in total. The molecule has 114 valence electrons. The number of carbonyl (C=O) groups excluding carboxylic acids is 1. The van der Waals surface area contributed by atoms with Gasteiger partial charge in [0, 0.05) is 12.3 Å². The first-order chi connectivity index (χ1) is 10.1. The minimum absolute atomic E-state index is 0.100. The number of carbonyl (C=O) groups is 2. The van der Waals surface area contributed by atoms with E-state index in [1.807, 2.05) is 12.2 Å². The van der Waals surface area contributed by atoms with Gasteiger partial charge in [-0.15, -0.1) is 11.8 Å². The van der Waals surface area contributed by atoms with E-state index in [2.05, 4.69) is 4.90 Å². The Morgan fingerprint density at radius 2 is 2.14 bits per heavy atom. The van der Waals surface area contributed by atoms with E-state index in [1.165, 1.54) is 29.5 Å². The van der Waals surface area contributed by atoms with Crippen LogP contribution < -0.4 is 5.73 Å². The number of likely N-dealkylation sites (tertiary alicyclic amines) is 1. The third kappa shape index (κ3) is 2.61. The smallest absolute Gasteiger partial charge is 0.352 e. The number of hydrogen-bond acceptors (Lipinski definition) is 5. The van der Waals surface area contributed by atoms with E-state index >= 15 is 0 Å². The zero-order chi connectivity index (χ0) is 15.0. The number of nitrogens with zero attached hydrogens (tertiary/aromatic N) is 2. The number of aliphatic carboxylic acids is 1. The molecule has 21 heavy (non-hydrogen) atoms. The summed E-state index contributed by atoms with van der Waals surface area (Å²) in [5.74, 6) is -0.767. The molecule has 3 aliphatic rings. The molecule has 0 radical (unpaired) electrons. The van der Waals surface area contributed by atoms with E-state index in [9.17, 15) is 14.7 Å². The zero-order valence-corrected chi connectivity index (χ0v) is 12.5. The maximum atomic E-state index is 11.8. The number of carboxylic acids is 1. The van der Waals surface area contributed by atoms with Gasteiger partial charge in [-0.3, -0.25) is 14.6 Å². The van der Waals surface area contributed by atoms with Crippen molar-refractivity contribution < 1.29 is 14.7 Å². The first-order valence-electron chi connectivity index (χ1n) is 7.15. The summed E-state index contributed by atoms with van der Waals surface area (Å²) >= 11 is 1.53. The lowest BCUT2D eigenvalue weighted by molar-refractivity contribution is -0.147. The summed E-state index contributed by atoms with van der Waals surface area (Å²) in [6, 6.07) is -0.570. The Morgan fingerprint density at radius 3 is 2.81 bits per heavy atom. The van der Waals surface area contributed by atoms with Crippen molar-refractivity contribution in [2.45, 2.75) is 24.3 Å². The summed E-state index contributed by atoms with van der Waals surface area (Å²) < 4.78 is 0. The molecular weight excluding hydrogens is 290 g/mol. The molecule has 0 aliphatic carbocycles. The first kappa shape index (κ1) is 14.6. The standard InChI is InChI=1S/C14H19N3O3S/c15-10-12(18)17-11(14(19)20)9(8-21-13(10)17)4-3-7-16-5-1-2-6-16/h3-4,10,13H,1-2,5-8,15H2,(H,19,20)/b4-3+/t10-,13-/m1/s1. The van der Waals surface area contributed by atoms with Gasteiger partial charge in [-0.05, 0) is 31.5 Å². The maximum Gasteiger partial charge on any atom is 0.352 e. The van der Waals surface area contributed by atoms with E-state index < -0.39 is 12.0 Å². The van der Waals surface area contributed by atoms with Gasteiger partial charge < -0.3 is 10.8 Å². The summed E-state index contributed by atoms with van der Waals surface area (Å²) in [6.45, 7) is 3.04. The predicted molar refractivity (Wildman–Crippen MR) is 80.5 cm³/mol. The molecule has 0 saturated carbocycles. The molecule has 0 aromatic rings. The van der Waals surface area contributed by atoms with Gasteiger partial charge in [0.15, 0.2) is 0 Å². The Morgan fingerprint density at radius 1 is 1.43 bits per heavy atom. The van der Waals surface area contributed by atoms with Gasteiger partial charge in [0.2, 0.25) is 5.91 Å².